The fourth-order valence-corrected chi connectivity index (χ4v) is 9.94. The van der Waals surface area contributed by atoms with Crippen molar-refractivity contribution in [3.63, 3.8) is 0 Å². The minimum Gasteiger partial charge on any atom is -0.393 e. The van der Waals surface area contributed by atoms with Gasteiger partial charge < -0.3 is 20.8 Å². The molecular formula is C40H40Cl2F2N2O4S2. The van der Waals surface area contributed by atoms with Gasteiger partial charge in [0.1, 0.15) is 11.6 Å². The van der Waals surface area contributed by atoms with Crippen molar-refractivity contribution in [3.8, 4) is 0 Å². The molecule has 2 aliphatic rings. The van der Waals surface area contributed by atoms with Crippen LogP contribution < -0.4 is 10.6 Å². The second-order valence-electron chi connectivity index (χ2n) is 13.5. The van der Waals surface area contributed by atoms with Gasteiger partial charge in [-0.1, -0.05) is 48.2 Å². The molecule has 5 atom stereocenters. The van der Waals surface area contributed by atoms with Crippen molar-refractivity contribution in [2.24, 2.45) is 0 Å². The molecule has 2 saturated carbocycles. The molecule has 0 aliphatic heterocycles. The zero-order valence-corrected chi connectivity index (χ0v) is 31.4. The van der Waals surface area contributed by atoms with Crippen LogP contribution in [0.1, 0.15) is 90.0 Å². The van der Waals surface area contributed by atoms with Crippen molar-refractivity contribution in [1.82, 2.24) is 0 Å². The molecule has 3 unspecified atom stereocenters. The first-order chi connectivity index (χ1) is 25.0. The SMILES string of the molecule is O=C(Nc1ccc(F)c(Cl)c1)c1cccc(SC2CCC(c3ccc(SC4CCCC[C@@H](O)C4)cc3C(=O)Nc3ccc(F)c(Cl)c3)C[C@@H](O)C2)c1. The van der Waals surface area contributed by atoms with Crippen LogP contribution in [0.25, 0.3) is 0 Å². The number of anilines is 2. The summed E-state index contributed by atoms with van der Waals surface area (Å²) in [6.07, 6.45) is 6.11. The molecule has 0 radical (unpaired) electrons. The normalized spacial score (nSPS) is 22.2. The van der Waals surface area contributed by atoms with Gasteiger partial charge in [0.15, 0.2) is 0 Å². The number of amides is 2. The molecule has 4 aromatic rings. The van der Waals surface area contributed by atoms with Crippen LogP contribution in [-0.4, -0.2) is 44.7 Å². The molecule has 2 aliphatic carbocycles. The largest absolute Gasteiger partial charge is 0.393 e. The molecule has 12 heteroatoms. The van der Waals surface area contributed by atoms with Crippen molar-refractivity contribution in [2.75, 3.05) is 10.6 Å². The van der Waals surface area contributed by atoms with Gasteiger partial charge in [0.25, 0.3) is 11.8 Å². The number of carbonyl (C=O) groups is 2. The molecule has 4 N–H and O–H groups in total. The van der Waals surface area contributed by atoms with E-state index in [0.29, 0.717) is 41.8 Å². The molecule has 6 rings (SSSR count). The Morgan fingerprint density at radius 2 is 1.27 bits per heavy atom. The van der Waals surface area contributed by atoms with Gasteiger partial charge in [-0.2, -0.15) is 0 Å². The number of aliphatic hydroxyl groups excluding tert-OH is 2. The van der Waals surface area contributed by atoms with Crippen molar-refractivity contribution in [3.05, 3.63) is 117 Å². The number of carbonyl (C=O) groups excluding carboxylic acids is 2. The van der Waals surface area contributed by atoms with E-state index in [4.69, 9.17) is 23.2 Å². The van der Waals surface area contributed by atoms with Crippen LogP contribution in [0.2, 0.25) is 10.0 Å². The lowest BCUT2D eigenvalue weighted by atomic mass is 9.87. The van der Waals surface area contributed by atoms with Crippen LogP contribution in [0, 0.1) is 11.6 Å². The average molecular weight is 786 g/mol. The van der Waals surface area contributed by atoms with Crippen molar-refractivity contribution < 1.29 is 28.6 Å². The van der Waals surface area contributed by atoms with Gasteiger partial charge in [0, 0.05) is 42.8 Å². The van der Waals surface area contributed by atoms with Crippen LogP contribution in [0.15, 0.2) is 88.7 Å². The fraction of sp³-hybridized carbons (Fsp3) is 0.350. The van der Waals surface area contributed by atoms with Crippen LogP contribution in [0.5, 0.6) is 0 Å². The molecule has 6 nitrogen and oxygen atoms in total. The lowest BCUT2D eigenvalue weighted by Crippen LogP contribution is -2.18. The topological polar surface area (TPSA) is 98.7 Å². The maximum atomic E-state index is 13.9. The first-order valence-electron chi connectivity index (χ1n) is 17.5. The smallest absolute Gasteiger partial charge is 0.255 e. The van der Waals surface area contributed by atoms with Gasteiger partial charge >= 0.3 is 0 Å². The Balaban J connectivity index is 1.18. The van der Waals surface area contributed by atoms with E-state index in [-0.39, 0.29) is 44.4 Å². The van der Waals surface area contributed by atoms with E-state index < -0.39 is 17.7 Å². The van der Waals surface area contributed by atoms with E-state index in [0.717, 1.165) is 53.9 Å². The summed E-state index contributed by atoms with van der Waals surface area (Å²) >= 11 is 15.2. The van der Waals surface area contributed by atoms with Crippen LogP contribution in [-0.2, 0) is 0 Å². The molecule has 0 saturated heterocycles. The molecule has 52 heavy (non-hydrogen) atoms. The number of halogens is 4. The number of thioether (sulfide) groups is 2. The maximum absolute atomic E-state index is 13.9. The number of benzene rings is 4. The van der Waals surface area contributed by atoms with Crippen molar-refractivity contribution in [1.29, 1.82) is 0 Å². The van der Waals surface area contributed by atoms with Crippen LogP contribution >= 0.6 is 46.7 Å². The summed E-state index contributed by atoms with van der Waals surface area (Å²) in [7, 11) is 0. The maximum Gasteiger partial charge on any atom is 0.255 e. The summed E-state index contributed by atoms with van der Waals surface area (Å²) in [6, 6.07) is 21.2. The van der Waals surface area contributed by atoms with Gasteiger partial charge in [-0.3, -0.25) is 9.59 Å². The minimum atomic E-state index is -0.618. The molecule has 0 bridgehead atoms. The monoisotopic (exact) mass is 784 g/mol. The predicted molar refractivity (Wildman–Crippen MR) is 207 cm³/mol. The quantitative estimate of drug-likeness (QED) is 0.126. The van der Waals surface area contributed by atoms with Gasteiger partial charge in [0.2, 0.25) is 0 Å². The Kier molecular flexibility index (Phi) is 13.2. The number of hydrogen-bond acceptors (Lipinski definition) is 6. The number of aliphatic hydroxyl groups is 2. The Labute approximate surface area is 321 Å². The van der Waals surface area contributed by atoms with Crippen molar-refractivity contribution >= 4 is 69.9 Å². The number of nitrogens with one attached hydrogen (secondary N) is 2. The summed E-state index contributed by atoms with van der Waals surface area (Å²) < 4.78 is 27.5. The summed E-state index contributed by atoms with van der Waals surface area (Å²) in [5, 5.41) is 27.4. The lowest BCUT2D eigenvalue weighted by molar-refractivity contribution is 0.101. The Morgan fingerprint density at radius 3 is 1.96 bits per heavy atom. The second kappa shape index (κ2) is 17.8. The average Bonchev–Trinajstić information content (AvgIpc) is 3.44. The molecule has 2 amide bonds. The molecule has 0 aromatic heterocycles. The van der Waals surface area contributed by atoms with E-state index in [9.17, 15) is 28.6 Å². The molecule has 2 fully saturated rings. The van der Waals surface area contributed by atoms with E-state index in [2.05, 4.69) is 10.6 Å². The van der Waals surface area contributed by atoms with Crippen molar-refractivity contribution in [2.45, 2.75) is 96.2 Å². The zero-order chi connectivity index (χ0) is 36.8. The molecule has 4 aromatic carbocycles. The third-order valence-corrected chi connectivity index (χ3v) is 12.7. The fourth-order valence-electron chi connectivity index (χ4n) is 6.94. The van der Waals surface area contributed by atoms with Gasteiger partial charge in [-0.15, -0.1) is 23.5 Å². The summed E-state index contributed by atoms with van der Waals surface area (Å²) in [4.78, 5) is 28.7. The summed E-state index contributed by atoms with van der Waals surface area (Å²) in [5.74, 6) is -1.94. The highest BCUT2D eigenvalue weighted by Crippen LogP contribution is 2.41. The van der Waals surface area contributed by atoms with E-state index in [1.807, 2.05) is 24.3 Å². The van der Waals surface area contributed by atoms with Gasteiger partial charge in [-0.25, -0.2) is 8.78 Å². The summed E-state index contributed by atoms with van der Waals surface area (Å²) in [5.41, 5.74) is 2.52. The first-order valence-corrected chi connectivity index (χ1v) is 20.0. The van der Waals surface area contributed by atoms with E-state index >= 15 is 0 Å². The highest BCUT2D eigenvalue weighted by atomic mass is 35.5. The van der Waals surface area contributed by atoms with Gasteiger partial charge in [-0.05, 0) is 123 Å². The number of rotatable bonds is 9. The van der Waals surface area contributed by atoms with Crippen LogP contribution in [0.3, 0.4) is 0 Å². The Bertz CT molecular complexity index is 1920. The third-order valence-electron chi connectivity index (χ3n) is 9.54. The first kappa shape index (κ1) is 38.6. The standard InChI is InChI=1S/C40H40Cl2F2N2O4S2/c41-35-18-25(9-14-37(35)43)45-39(49)24-4-3-7-29(17-24)51-31-11-8-23(16-28(48)21-31)33-13-12-32(52-30-6-2-1-5-27(47)20-30)22-34(33)40(50)46-26-10-15-38(44)36(42)19-26/h3-4,7,9-10,12-15,17-19,22-23,27-28,30-31,47-48H,1-2,5-6,8,11,16,20-21H2,(H,45,49)(H,46,50)/t23?,27-,28-,30?,31?/m1/s1. The van der Waals surface area contributed by atoms with E-state index in [1.165, 1.54) is 36.4 Å². The second-order valence-corrected chi connectivity index (χ2v) is 17.1. The molecule has 274 valence electrons. The van der Waals surface area contributed by atoms with E-state index in [1.54, 1.807) is 41.7 Å². The Morgan fingerprint density at radius 1 is 0.654 bits per heavy atom. The van der Waals surface area contributed by atoms with Crippen LogP contribution in [0.4, 0.5) is 20.2 Å². The van der Waals surface area contributed by atoms with Gasteiger partial charge in [0.05, 0.1) is 22.3 Å². The third kappa shape index (κ3) is 10.3. The number of hydrogen-bond donors (Lipinski definition) is 4. The summed E-state index contributed by atoms with van der Waals surface area (Å²) in [6.45, 7) is 0. The Hall–Kier alpha value is -3.12. The molecule has 0 spiro atoms. The highest BCUT2D eigenvalue weighted by molar-refractivity contribution is 8.00. The molecule has 0 heterocycles. The zero-order valence-electron chi connectivity index (χ0n) is 28.3. The minimum absolute atomic E-state index is 0.0596. The highest BCUT2D eigenvalue weighted by Gasteiger charge is 2.30. The predicted octanol–water partition coefficient (Wildman–Crippen LogP) is 10.7. The molecular weight excluding hydrogens is 745 g/mol. The lowest BCUT2D eigenvalue weighted by Gasteiger charge is -2.22.